The first kappa shape index (κ1) is 20.3. The second-order valence-corrected chi connectivity index (χ2v) is 8.40. The third kappa shape index (κ3) is 4.78. The van der Waals surface area contributed by atoms with Crippen LogP contribution in [0.2, 0.25) is 0 Å². The Morgan fingerprint density at radius 1 is 0.900 bits per heavy atom. The summed E-state index contributed by atoms with van der Waals surface area (Å²) in [7, 11) is 0. The SMILES string of the molecule is O=C(NCC(=O)N1CC[NH+](C(c2ccccc2)c2ccccc2)CC1)c1cccs1. The van der Waals surface area contributed by atoms with Crippen molar-refractivity contribution in [3.05, 3.63) is 94.2 Å². The molecule has 2 heterocycles. The summed E-state index contributed by atoms with van der Waals surface area (Å²) in [5.74, 6) is -0.203. The third-order valence-electron chi connectivity index (χ3n) is 5.58. The Hall–Kier alpha value is -2.96. The summed E-state index contributed by atoms with van der Waals surface area (Å²) >= 11 is 1.38. The number of benzene rings is 2. The van der Waals surface area contributed by atoms with Crippen LogP contribution in [0.3, 0.4) is 0 Å². The van der Waals surface area contributed by atoms with Gasteiger partial charge < -0.3 is 15.1 Å². The first-order valence-electron chi connectivity index (χ1n) is 10.3. The number of thiophene rings is 1. The normalized spacial score (nSPS) is 14.6. The van der Waals surface area contributed by atoms with Crippen molar-refractivity contribution < 1.29 is 14.5 Å². The topological polar surface area (TPSA) is 53.9 Å². The highest BCUT2D eigenvalue weighted by molar-refractivity contribution is 7.12. The lowest BCUT2D eigenvalue weighted by atomic mass is 9.96. The van der Waals surface area contributed by atoms with Gasteiger partial charge in [0, 0.05) is 11.1 Å². The van der Waals surface area contributed by atoms with Crippen molar-refractivity contribution in [1.82, 2.24) is 10.2 Å². The summed E-state index contributed by atoms with van der Waals surface area (Å²) in [5.41, 5.74) is 2.59. The highest BCUT2D eigenvalue weighted by atomic mass is 32.1. The van der Waals surface area contributed by atoms with E-state index in [0.717, 1.165) is 13.1 Å². The van der Waals surface area contributed by atoms with Gasteiger partial charge >= 0.3 is 0 Å². The Labute approximate surface area is 180 Å². The Balaban J connectivity index is 1.37. The molecule has 2 amide bonds. The van der Waals surface area contributed by atoms with Crippen LogP contribution in [0.1, 0.15) is 26.8 Å². The molecule has 0 saturated carbocycles. The summed E-state index contributed by atoms with van der Waals surface area (Å²) < 4.78 is 0. The highest BCUT2D eigenvalue weighted by Gasteiger charge is 2.31. The standard InChI is InChI=1S/C24H25N3O2S/c28-22(18-25-24(29)21-12-7-17-30-21)26-13-15-27(16-14-26)23(19-8-3-1-4-9-19)20-10-5-2-6-11-20/h1-12,17,23H,13-16,18H2,(H,25,29)/p+1. The van der Waals surface area contributed by atoms with Crippen LogP contribution in [0.4, 0.5) is 0 Å². The molecular weight excluding hydrogens is 394 g/mol. The summed E-state index contributed by atoms with van der Waals surface area (Å²) in [6.45, 7) is 3.18. The van der Waals surface area contributed by atoms with Gasteiger partial charge in [-0.05, 0) is 11.4 Å². The minimum Gasteiger partial charge on any atom is -0.342 e. The number of quaternary nitrogens is 1. The zero-order valence-corrected chi connectivity index (χ0v) is 17.6. The van der Waals surface area contributed by atoms with Crippen LogP contribution in [-0.4, -0.2) is 49.4 Å². The minimum absolute atomic E-state index is 0.0186. The minimum atomic E-state index is -0.184. The number of carbonyl (C=O) groups is 2. The monoisotopic (exact) mass is 420 g/mol. The number of rotatable bonds is 6. The number of nitrogens with one attached hydrogen (secondary N) is 2. The summed E-state index contributed by atoms with van der Waals surface area (Å²) in [6, 6.07) is 25.0. The van der Waals surface area contributed by atoms with Gasteiger partial charge in [-0.3, -0.25) is 9.59 Å². The number of hydrogen-bond acceptors (Lipinski definition) is 3. The number of hydrogen-bond donors (Lipinski definition) is 2. The van der Waals surface area contributed by atoms with Crippen LogP contribution in [0, 0.1) is 0 Å². The fourth-order valence-electron chi connectivity index (χ4n) is 4.05. The van der Waals surface area contributed by atoms with Crippen molar-refractivity contribution in [2.24, 2.45) is 0 Å². The maximum absolute atomic E-state index is 12.6. The van der Waals surface area contributed by atoms with Crippen LogP contribution in [0.15, 0.2) is 78.2 Å². The molecule has 30 heavy (non-hydrogen) atoms. The molecule has 3 aromatic rings. The van der Waals surface area contributed by atoms with E-state index in [-0.39, 0.29) is 24.4 Å². The zero-order chi connectivity index (χ0) is 20.8. The molecule has 4 rings (SSSR count). The smallest absolute Gasteiger partial charge is 0.261 e. The Morgan fingerprint density at radius 3 is 2.03 bits per heavy atom. The molecule has 1 fully saturated rings. The molecule has 1 aliphatic heterocycles. The van der Waals surface area contributed by atoms with Crippen molar-refractivity contribution >= 4 is 23.2 Å². The van der Waals surface area contributed by atoms with Crippen molar-refractivity contribution in [3.8, 4) is 0 Å². The molecule has 5 nitrogen and oxygen atoms in total. The number of nitrogens with zero attached hydrogens (tertiary/aromatic N) is 1. The zero-order valence-electron chi connectivity index (χ0n) is 16.8. The first-order chi connectivity index (χ1) is 14.7. The van der Waals surface area contributed by atoms with E-state index in [0.29, 0.717) is 18.0 Å². The van der Waals surface area contributed by atoms with E-state index >= 15 is 0 Å². The Morgan fingerprint density at radius 2 is 1.50 bits per heavy atom. The quantitative estimate of drug-likeness (QED) is 0.641. The summed E-state index contributed by atoms with van der Waals surface area (Å²) in [6.07, 6.45) is 0. The molecule has 6 heteroatoms. The van der Waals surface area contributed by atoms with Crippen LogP contribution in [-0.2, 0) is 4.79 Å². The van der Waals surface area contributed by atoms with Gasteiger partial charge in [0.1, 0.15) is 6.04 Å². The van der Waals surface area contributed by atoms with Gasteiger partial charge in [0.25, 0.3) is 5.91 Å². The fraction of sp³-hybridized carbons (Fsp3) is 0.250. The van der Waals surface area contributed by atoms with E-state index in [1.165, 1.54) is 27.4 Å². The summed E-state index contributed by atoms with van der Waals surface area (Å²) in [4.78, 5) is 28.6. The van der Waals surface area contributed by atoms with E-state index in [2.05, 4.69) is 53.8 Å². The molecule has 2 aromatic carbocycles. The van der Waals surface area contributed by atoms with Gasteiger partial charge in [0.05, 0.1) is 37.6 Å². The molecule has 0 spiro atoms. The molecule has 0 bridgehead atoms. The lowest BCUT2D eigenvalue weighted by Gasteiger charge is -2.37. The van der Waals surface area contributed by atoms with Crippen molar-refractivity contribution in [2.75, 3.05) is 32.7 Å². The molecule has 0 radical (unpaired) electrons. The second-order valence-electron chi connectivity index (χ2n) is 7.45. The molecule has 0 unspecified atom stereocenters. The van der Waals surface area contributed by atoms with Gasteiger partial charge in [-0.15, -0.1) is 11.3 Å². The predicted molar refractivity (Wildman–Crippen MR) is 119 cm³/mol. The largest absolute Gasteiger partial charge is 0.342 e. The van der Waals surface area contributed by atoms with Crippen LogP contribution in [0.5, 0.6) is 0 Å². The Bertz CT molecular complexity index is 913. The van der Waals surface area contributed by atoms with E-state index in [1.54, 1.807) is 6.07 Å². The van der Waals surface area contributed by atoms with Crippen LogP contribution in [0.25, 0.3) is 0 Å². The third-order valence-corrected chi connectivity index (χ3v) is 6.45. The van der Waals surface area contributed by atoms with E-state index in [4.69, 9.17) is 0 Å². The molecule has 0 atom stereocenters. The molecule has 1 aromatic heterocycles. The molecule has 154 valence electrons. The van der Waals surface area contributed by atoms with Gasteiger partial charge in [0.2, 0.25) is 5.91 Å². The molecule has 0 aliphatic carbocycles. The fourth-order valence-corrected chi connectivity index (χ4v) is 4.69. The van der Waals surface area contributed by atoms with Gasteiger partial charge in [-0.25, -0.2) is 0 Å². The number of piperazine rings is 1. The van der Waals surface area contributed by atoms with Crippen molar-refractivity contribution in [1.29, 1.82) is 0 Å². The lowest BCUT2D eigenvalue weighted by Crippen LogP contribution is -3.15. The van der Waals surface area contributed by atoms with Gasteiger partial charge in [0.15, 0.2) is 0 Å². The lowest BCUT2D eigenvalue weighted by molar-refractivity contribution is -0.929. The Kier molecular flexibility index (Phi) is 6.57. The van der Waals surface area contributed by atoms with E-state index in [1.807, 2.05) is 28.5 Å². The predicted octanol–water partition coefficient (Wildman–Crippen LogP) is 1.99. The van der Waals surface area contributed by atoms with Crippen molar-refractivity contribution in [2.45, 2.75) is 6.04 Å². The van der Waals surface area contributed by atoms with E-state index < -0.39 is 0 Å². The first-order valence-corrected chi connectivity index (χ1v) is 11.1. The van der Waals surface area contributed by atoms with Crippen LogP contribution >= 0.6 is 11.3 Å². The molecule has 1 saturated heterocycles. The number of amides is 2. The summed E-state index contributed by atoms with van der Waals surface area (Å²) in [5, 5.41) is 4.60. The average Bonchev–Trinajstić information content (AvgIpc) is 3.35. The molecule has 2 N–H and O–H groups in total. The van der Waals surface area contributed by atoms with Gasteiger partial charge in [-0.2, -0.15) is 0 Å². The second kappa shape index (κ2) is 9.69. The van der Waals surface area contributed by atoms with Gasteiger partial charge in [-0.1, -0.05) is 66.7 Å². The van der Waals surface area contributed by atoms with Crippen LogP contribution < -0.4 is 10.2 Å². The molecular formula is C24H26N3O2S+. The van der Waals surface area contributed by atoms with E-state index in [9.17, 15) is 9.59 Å². The molecule has 1 aliphatic rings. The maximum Gasteiger partial charge on any atom is 0.261 e. The number of carbonyl (C=O) groups excluding carboxylic acids is 2. The van der Waals surface area contributed by atoms with Crippen molar-refractivity contribution in [3.63, 3.8) is 0 Å². The highest BCUT2D eigenvalue weighted by Crippen LogP contribution is 2.19. The maximum atomic E-state index is 12.6. The average molecular weight is 421 g/mol.